The second kappa shape index (κ2) is 12.2. The Hall–Kier alpha value is -0.336. The van der Waals surface area contributed by atoms with Crippen molar-refractivity contribution in [2.75, 3.05) is 42.7 Å². The molecule has 8 nitrogen and oxygen atoms in total. The third kappa shape index (κ3) is 8.13. The van der Waals surface area contributed by atoms with Crippen molar-refractivity contribution in [1.82, 2.24) is 0 Å². The first-order valence-electron chi connectivity index (χ1n) is 8.70. The fourth-order valence-corrected chi connectivity index (χ4v) is 6.49. The van der Waals surface area contributed by atoms with Crippen LogP contribution in [0, 0.1) is 0 Å². The fraction of sp³-hybridized carbons (Fsp3) is 0.938. The summed E-state index contributed by atoms with van der Waals surface area (Å²) < 4.78 is 38.3. The number of rotatable bonds is 15. The summed E-state index contributed by atoms with van der Waals surface area (Å²) in [5.74, 6) is -0.296. The van der Waals surface area contributed by atoms with Crippen molar-refractivity contribution in [3.8, 4) is 0 Å². The number of carbonyl (C=O) groups is 1. The van der Waals surface area contributed by atoms with E-state index in [-0.39, 0.29) is 5.97 Å². The molecule has 0 aliphatic carbocycles. The van der Waals surface area contributed by atoms with Gasteiger partial charge in [-0.1, -0.05) is 0 Å². The summed E-state index contributed by atoms with van der Waals surface area (Å²) in [5.41, 5.74) is -0.587. The second-order valence-corrected chi connectivity index (χ2v) is 12.5. The van der Waals surface area contributed by atoms with Crippen molar-refractivity contribution in [1.29, 1.82) is 0 Å². The van der Waals surface area contributed by atoms with Crippen LogP contribution in [-0.4, -0.2) is 71.8 Å². The molecule has 0 atom stereocenters. The van der Waals surface area contributed by atoms with Gasteiger partial charge in [0.25, 0.3) is 0 Å². The monoisotopic (exact) mass is 412 g/mol. The molecule has 10 heteroatoms. The van der Waals surface area contributed by atoms with Crippen LogP contribution in [0.5, 0.6) is 0 Å². The molecule has 0 N–H and O–H groups in total. The fourth-order valence-electron chi connectivity index (χ4n) is 3.04. The standard InChI is InChI=1S/C16H36O8Si2/c1-15(17)24-16(2,11-9-13-25(18-3,19-4)20-5)12-10-14-26(21-6,22-7)23-8/h9-14H2,1-8H3. The highest BCUT2D eigenvalue weighted by atomic mass is 28.4. The molecule has 26 heavy (non-hydrogen) atoms. The molecular formula is C16H36O8Si2. The van der Waals surface area contributed by atoms with Crippen LogP contribution in [-0.2, 0) is 36.1 Å². The van der Waals surface area contributed by atoms with Crippen molar-refractivity contribution in [2.45, 2.75) is 57.2 Å². The minimum Gasteiger partial charge on any atom is -0.460 e. The topological polar surface area (TPSA) is 81.7 Å². The Morgan fingerprint density at radius 3 is 1.27 bits per heavy atom. The molecule has 0 aromatic heterocycles. The van der Waals surface area contributed by atoms with Crippen LogP contribution in [0.1, 0.15) is 39.5 Å². The third-order valence-electron chi connectivity index (χ3n) is 4.63. The van der Waals surface area contributed by atoms with Gasteiger partial charge in [0.2, 0.25) is 0 Å². The molecule has 0 rings (SSSR count). The predicted molar refractivity (Wildman–Crippen MR) is 102 cm³/mol. The SMILES string of the molecule is CO[Si](CCCC(C)(CCC[Si](OC)(OC)OC)OC(C)=O)(OC)OC. The Balaban J connectivity index is 4.81. The van der Waals surface area contributed by atoms with E-state index in [1.165, 1.54) is 6.92 Å². The first kappa shape index (κ1) is 25.7. The van der Waals surface area contributed by atoms with E-state index in [0.29, 0.717) is 24.9 Å². The maximum atomic E-state index is 11.6. The smallest absolute Gasteiger partial charge is 0.460 e. The molecular weight excluding hydrogens is 376 g/mol. The van der Waals surface area contributed by atoms with Crippen LogP contribution in [0.15, 0.2) is 0 Å². The Morgan fingerprint density at radius 1 is 0.731 bits per heavy atom. The molecule has 0 aromatic carbocycles. The number of ether oxygens (including phenoxy) is 1. The van der Waals surface area contributed by atoms with Gasteiger partial charge < -0.3 is 31.3 Å². The van der Waals surface area contributed by atoms with Gasteiger partial charge in [-0.3, -0.25) is 4.79 Å². The van der Waals surface area contributed by atoms with Gasteiger partial charge in [-0.2, -0.15) is 0 Å². The van der Waals surface area contributed by atoms with Gasteiger partial charge >= 0.3 is 23.6 Å². The quantitative estimate of drug-likeness (QED) is 0.300. The van der Waals surface area contributed by atoms with Gasteiger partial charge in [0.15, 0.2) is 0 Å². The molecule has 156 valence electrons. The number of esters is 1. The second-order valence-electron chi connectivity index (χ2n) is 6.34. The zero-order valence-corrected chi connectivity index (χ0v) is 19.5. The lowest BCUT2D eigenvalue weighted by Gasteiger charge is -2.32. The summed E-state index contributed by atoms with van der Waals surface area (Å²) in [6.07, 6.45) is 2.87. The molecule has 0 saturated heterocycles. The Bertz CT molecular complexity index is 357. The van der Waals surface area contributed by atoms with E-state index in [1.54, 1.807) is 42.7 Å². The summed E-state index contributed by atoms with van der Waals surface area (Å²) >= 11 is 0. The maximum Gasteiger partial charge on any atom is 0.500 e. The summed E-state index contributed by atoms with van der Waals surface area (Å²) in [4.78, 5) is 11.6. The molecule has 0 aliphatic rings. The van der Waals surface area contributed by atoms with Crippen molar-refractivity contribution < 1.29 is 36.1 Å². The average molecular weight is 413 g/mol. The highest BCUT2D eigenvalue weighted by molar-refractivity contribution is 6.60. The van der Waals surface area contributed by atoms with E-state index in [1.807, 2.05) is 6.92 Å². The lowest BCUT2D eigenvalue weighted by Crippen LogP contribution is -2.44. The first-order chi connectivity index (χ1) is 12.2. The van der Waals surface area contributed by atoms with Crippen molar-refractivity contribution >= 4 is 23.6 Å². The normalized spacial score (nSPS) is 13.1. The lowest BCUT2D eigenvalue weighted by atomic mass is 9.94. The highest BCUT2D eigenvalue weighted by Gasteiger charge is 2.40. The summed E-state index contributed by atoms with van der Waals surface area (Å²) in [5, 5.41) is 0. The molecule has 0 amide bonds. The molecule has 0 aliphatic heterocycles. The largest absolute Gasteiger partial charge is 0.500 e. The Morgan fingerprint density at radius 2 is 1.04 bits per heavy atom. The average Bonchev–Trinajstić information content (AvgIpc) is 2.63. The third-order valence-corrected chi connectivity index (χ3v) is 10.3. The molecule has 0 aromatic rings. The lowest BCUT2D eigenvalue weighted by molar-refractivity contribution is -0.156. The van der Waals surface area contributed by atoms with E-state index in [0.717, 1.165) is 12.8 Å². The van der Waals surface area contributed by atoms with Gasteiger partial charge in [-0.25, -0.2) is 0 Å². The van der Waals surface area contributed by atoms with E-state index < -0.39 is 23.2 Å². The van der Waals surface area contributed by atoms with Crippen LogP contribution in [0.4, 0.5) is 0 Å². The van der Waals surface area contributed by atoms with Gasteiger partial charge in [-0.15, -0.1) is 0 Å². The maximum absolute atomic E-state index is 11.6. The van der Waals surface area contributed by atoms with Gasteiger partial charge in [0.1, 0.15) is 5.60 Å². The van der Waals surface area contributed by atoms with Crippen molar-refractivity contribution in [3.63, 3.8) is 0 Å². The number of hydrogen-bond donors (Lipinski definition) is 0. The molecule has 0 unspecified atom stereocenters. The van der Waals surface area contributed by atoms with Crippen LogP contribution < -0.4 is 0 Å². The van der Waals surface area contributed by atoms with Crippen LogP contribution in [0.2, 0.25) is 12.1 Å². The molecule has 0 heterocycles. The number of carbonyl (C=O) groups excluding carboxylic acids is 1. The molecule has 0 radical (unpaired) electrons. The summed E-state index contributed by atoms with van der Waals surface area (Å²) in [6, 6.07) is 1.31. The van der Waals surface area contributed by atoms with E-state index in [2.05, 4.69) is 0 Å². The molecule has 0 fully saturated rings. The van der Waals surface area contributed by atoms with Gasteiger partial charge in [-0.05, 0) is 32.6 Å². The zero-order chi connectivity index (χ0) is 20.3. The van der Waals surface area contributed by atoms with Crippen LogP contribution in [0.3, 0.4) is 0 Å². The van der Waals surface area contributed by atoms with Crippen LogP contribution in [0.25, 0.3) is 0 Å². The summed E-state index contributed by atoms with van der Waals surface area (Å²) in [7, 11) is 4.29. The van der Waals surface area contributed by atoms with Crippen molar-refractivity contribution in [3.05, 3.63) is 0 Å². The molecule has 0 saturated carbocycles. The van der Waals surface area contributed by atoms with E-state index in [4.69, 9.17) is 31.3 Å². The van der Waals surface area contributed by atoms with E-state index in [9.17, 15) is 4.79 Å². The van der Waals surface area contributed by atoms with E-state index >= 15 is 0 Å². The molecule has 0 spiro atoms. The Kier molecular flexibility index (Phi) is 12.0. The van der Waals surface area contributed by atoms with Crippen molar-refractivity contribution in [2.24, 2.45) is 0 Å². The van der Waals surface area contributed by atoms with Gasteiger partial charge in [0, 0.05) is 61.7 Å². The van der Waals surface area contributed by atoms with Gasteiger partial charge in [0.05, 0.1) is 0 Å². The molecule has 0 bridgehead atoms. The first-order valence-corrected chi connectivity index (χ1v) is 12.6. The Labute approximate surface area is 160 Å². The predicted octanol–water partition coefficient (Wildman–Crippen LogP) is 2.62. The van der Waals surface area contributed by atoms with Crippen LogP contribution >= 0.6 is 0 Å². The minimum absolute atomic E-state index is 0.296. The summed E-state index contributed by atoms with van der Waals surface area (Å²) in [6.45, 7) is 3.37. The zero-order valence-electron chi connectivity index (χ0n) is 17.5. The number of hydrogen-bond acceptors (Lipinski definition) is 8. The highest BCUT2D eigenvalue weighted by Crippen LogP contribution is 2.30. The minimum atomic E-state index is -2.63.